The third-order valence-electron chi connectivity index (χ3n) is 2.82. The van der Waals surface area contributed by atoms with Gasteiger partial charge in [-0.2, -0.15) is 0 Å². The molecule has 0 bridgehead atoms. The molecule has 1 unspecified atom stereocenters. The van der Waals surface area contributed by atoms with Crippen molar-refractivity contribution >= 4 is 11.6 Å². The van der Waals surface area contributed by atoms with Gasteiger partial charge >= 0.3 is 0 Å². The van der Waals surface area contributed by atoms with E-state index >= 15 is 0 Å². The summed E-state index contributed by atoms with van der Waals surface area (Å²) in [7, 11) is 0. The number of rotatable bonds is 5. The van der Waals surface area contributed by atoms with Crippen molar-refractivity contribution in [2.75, 3.05) is 6.61 Å². The average molecular weight is 257 g/mol. The molecule has 0 amide bonds. The fraction of sp³-hybridized carbons (Fsp3) is 0.571. The van der Waals surface area contributed by atoms with E-state index in [0.29, 0.717) is 18.9 Å². The molecule has 1 aromatic carbocycles. The summed E-state index contributed by atoms with van der Waals surface area (Å²) >= 11 is 6.18. The summed E-state index contributed by atoms with van der Waals surface area (Å²) in [4.78, 5) is 0. The minimum Gasteiger partial charge on any atom is -0.491 e. The van der Waals surface area contributed by atoms with Crippen LogP contribution in [0.4, 0.5) is 0 Å². The van der Waals surface area contributed by atoms with Crippen LogP contribution in [0.5, 0.6) is 5.75 Å². The number of aliphatic hydroxyl groups excluding tert-OH is 1. The Morgan fingerprint density at radius 1 is 1.35 bits per heavy atom. The highest BCUT2D eigenvalue weighted by atomic mass is 35.5. The molecular weight excluding hydrogens is 236 g/mol. The second-order valence-corrected chi connectivity index (χ2v) is 5.07. The van der Waals surface area contributed by atoms with Crippen LogP contribution in [0.25, 0.3) is 0 Å². The van der Waals surface area contributed by atoms with Crippen LogP contribution < -0.4 is 4.74 Å². The lowest BCUT2D eigenvalue weighted by atomic mass is 10.0. The first-order valence-electron chi connectivity index (χ1n) is 6.06. The molecular formula is C14H21ClO2. The summed E-state index contributed by atoms with van der Waals surface area (Å²) in [5.41, 5.74) is 2.08. The van der Waals surface area contributed by atoms with Crippen LogP contribution in [0.1, 0.15) is 44.2 Å². The molecule has 17 heavy (non-hydrogen) atoms. The fourth-order valence-electron chi connectivity index (χ4n) is 1.57. The molecule has 0 saturated carbocycles. The number of aryl methyl sites for hydroxylation is 1. The molecule has 1 aromatic rings. The Bertz CT molecular complexity index is 375. The molecule has 0 heterocycles. The molecule has 1 atom stereocenters. The first kappa shape index (κ1) is 14.3. The van der Waals surface area contributed by atoms with Gasteiger partial charge in [0.15, 0.2) is 0 Å². The van der Waals surface area contributed by atoms with Crippen molar-refractivity contribution in [3.05, 3.63) is 28.3 Å². The van der Waals surface area contributed by atoms with Crippen molar-refractivity contribution in [1.82, 2.24) is 0 Å². The maximum Gasteiger partial charge on any atom is 0.122 e. The highest BCUT2D eigenvalue weighted by Gasteiger charge is 2.11. The Morgan fingerprint density at radius 3 is 2.53 bits per heavy atom. The van der Waals surface area contributed by atoms with E-state index in [1.165, 1.54) is 0 Å². The molecule has 96 valence electrons. The molecule has 0 saturated heterocycles. The zero-order chi connectivity index (χ0) is 13.0. The van der Waals surface area contributed by atoms with Gasteiger partial charge in [0.1, 0.15) is 12.4 Å². The predicted octanol–water partition coefficient (Wildman–Crippen LogP) is 3.92. The van der Waals surface area contributed by atoms with E-state index in [4.69, 9.17) is 16.3 Å². The smallest absolute Gasteiger partial charge is 0.122 e. The second kappa shape index (κ2) is 6.27. The highest BCUT2D eigenvalue weighted by molar-refractivity contribution is 6.31. The van der Waals surface area contributed by atoms with Crippen molar-refractivity contribution in [2.24, 2.45) is 0 Å². The van der Waals surface area contributed by atoms with Gasteiger partial charge in [-0.05, 0) is 42.5 Å². The standard InChI is InChI=1S/C14H21ClO2/c1-5-11(16)8-17-14-7-12(9(2)3)13(15)6-10(14)4/h6-7,9,11,16H,5,8H2,1-4H3. The Morgan fingerprint density at radius 2 is 2.00 bits per heavy atom. The van der Waals surface area contributed by atoms with E-state index in [9.17, 15) is 5.11 Å². The highest BCUT2D eigenvalue weighted by Crippen LogP contribution is 2.31. The van der Waals surface area contributed by atoms with Crippen LogP contribution in [0.3, 0.4) is 0 Å². The molecule has 0 spiro atoms. The molecule has 0 radical (unpaired) electrons. The van der Waals surface area contributed by atoms with E-state index in [-0.39, 0.29) is 0 Å². The summed E-state index contributed by atoms with van der Waals surface area (Å²) in [6.07, 6.45) is 0.288. The zero-order valence-electron chi connectivity index (χ0n) is 11.0. The van der Waals surface area contributed by atoms with Gasteiger partial charge in [0.05, 0.1) is 6.10 Å². The zero-order valence-corrected chi connectivity index (χ0v) is 11.7. The number of aliphatic hydroxyl groups is 1. The molecule has 0 aliphatic carbocycles. The van der Waals surface area contributed by atoms with Crippen LogP contribution in [0.2, 0.25) is 5.02 Å². The fourth-order valence-corrected chi connectivity index (χ4v) is 2.01. The molecule has 0 aromatic heterocycles. The maximum absolute atomic E-state index is 9.49. The molecule has 1 N–H and O–H groups in total. The number of hydrogen-bond acceptors (Lipinski definition) is 2. The third-order valence-corrected chi connectivity index (χ3v) is 3.15. The first-order valence-corrected chi connectivity index (χ1v) is 6.44. The van der Waals surface area contributed by atoms with Crippen LogP contribution >= 0.6 is 11.6 Å². The van der Waals surface area contributed by atoms with Crippen molar-refractivity contribution in [1.29, 1.82) is 0 Å². The SMILES string of the molecule is CCC(O)COc1cc(C(C)C)c(Cl)cc1C. The Kier molecular flexibility index (Phi) is 5.29. The maximum atomic E-state index is 9.49. The number of hydrogen-bond donors (Lipinski definition) is 1. The molecule has 0 aliphatic heterocycles. The number of halogens is 1. The van der Waals surface area contributed by atoms with E-state index in [0.717, 1.165) is 21.9 Å². The summed E-state index contributed by atoms with van der Waals surface area (Å²) < 4.78 is 5.63. The number of ether oxygens (including phenoxy) is 1. The van der Waals surface area contributed by atoms with Gasteiger partial charge in [-0.3, -0.25) is 0 Å². The van der Waals surface area contributed by atoms with E-state index < -0.39 is 6.10 Å². The van der Waals surface area contributed by atoms with Gasteiger partial charge in [-0.25, -0.2) is 0 Å². The lowest BCUT2D eigenvalue weighted by Gasteiger charge is -2.16. The van der Waals surface area contributed by atoms with Crippen molar-refractivity contribution < 1.29 is 9.84 Å². The Hall–Kier alpha value is -0.730. The van der Waals surface area contributed by atoms with E-state index in [2.05, 4.69) is 13.8 Å². The largest absolute Gasteiger partial charge is 0.491 e. The minimum atomic E-state index is -0.410. The minimum absolute atomic E-state index is 0.330. The Balaban J connectivity index is 2.88. The average Bonchev–Trinajstić information content (AvgIpc) is 2.26. The molecule has 3 heteroatoms. The van der Waals surface area contributed by atoms with Crippen LogP contribution in [0, 0.1) is 6.92 Å². The lowest BCUT2D eigenvalue weighted by Crippen LogP contribution is -2.16. The lowest BCUT2D eigenvalue weighted by molar-refractivity contribution is 0.104. The summed E-state index contributed by atoms with van der Waals surface area (Å²) in [5.74, 6) is 1.17. The molecule has 2 nitrogen and oxygen atoms in total. The quantitative estimate of drug-likeness (QED) is 0.865. The third kappa shape index (κ3) is 3.90. The molecule has 1 rings (SSSR count). The van der Waals surface area contributed by atoms with Crippen molar-refractivity contribution in [3.8, 4) is 5.75 Å². The van der Waals surface area contributed by atoms with Gasteiger partial charge in [0.2, 0.25) is 0 Å². The summed E-state index contributed by atoms with van der Waals surface area (Å²) in [6.45, 7) is 8.42. The van der Waals surface area contributed by atoms with Gasteiger partial charge in [0.25, 0.3) is 0 Å². The molecule has 0 aliphatic rings. The van der Waals surface area contributed by atoms with Crippen molar-refractivity contribution in [2.45, 2.75) is 46.1 Å². The topological polar surface area (TPSA) is 29.5 Å². The Labute approximate surface area is 109 Å². The predicted molar refractivity (Wildman–Crippen MR) is 72.1 cm³/mol. The van der Waals surface area contributed by atoms with Crippen LogP contribution in [-0.2, 0) is 0 Å². The van der Waals surface area contributed by atoms with Gasteiger partial charge < -0.3 is 9.84 Å². The van der Waals surface area contributed by atoms with E-state index in [1.807, 2.05) is 26.0 Å². The second-order valence-electron chi connectivity index (χ2n) is 4.67. The van der Waals surface area contributed by atoms with Crippen LogP contribution in [-0.4, -0.2) is 17.8 Å². The van der Waals surface area contributed by atoms with Gasteiger partial charge in [0, 0.05) is 5.02 Å². The monoisotopic (exact) mass is 256 g/mol. The van der Waals surface area contributed by atoms with Gasteiger partial charge in [-0.15, -0.1) is 0 Å². The van der Waals surface area contributed by atoms with Crippen molar-refractivity contribution in [3.63, 3.8) is 0 Å². The normalized spacial score (nSPS) is 12.9. The first-order chi connectivity index (χ1) is 7.95. The summed E-state index contributed by atoms with van der Waals surface area (Å²) in [5, 5.41) is 10.3. The summed E-state index contributed by atoms with van der Waals surface area (Å²) in [6, 6.07) is 3.90. The van der Waals surface area contributed by atoms with Crippen LogP contribution in [0.15, 0.2) is 12.1 Å². The van der Waals surface area contributed by atoms with Gasteiger partial charge in [-0.1, -0.05) is 32.4 Å². The van der Waals surface area contributed by atoms with E-state index in [1.54, 1.807) is 0 Å². The molecule has 0 fully saturated rings. The number of benzene rings is 1.